The lowest BCUT2D eigenvalue weighted by molar-refractivity contribution is 0.340. The van der Waals surface area contributed by atoms with Crippen molar-refractivity contribution in [2.24, 2.45) is 0 Å². The van der Waals surface area contributed by atoms with Crippen LogP contribution in [0.15, 0.2) is 70.1 Å². The quantitative estimate of drug-likeness (QED) is 0.419. The number of hydrogen-bond donors (Lipinski definition) is 2. The summed E-state index contributed by atoms with van der Waals surface area (Å²) in [7, 11) is 0. The van der Waals surface area contributed by atoms with Crippen molar-refractivity contribution in [1.82, 2.24) is 14.4 Å². The number of furan rings is 1. The molecule has 7 heteroatoms. The van der Waals surface area contributed by atoms with Crippen LogP contribution in [0.5, 0.6) is 5.75 Å². The number of pyridine rings is 2. The first-order chi connectivity index (χ1) is 15.1. The average Bonchev–Trinajstić information content (AvgIpc) is 3.40. The number of rotatable bonds is 6. The summed E-state index contributed by atoms with van der Waals surface area (Å²) in [5, 5.41) is 4.30. The Bertz CT molecular complexity index is 1430. The molecule has 0 aliphatic rings. The highest BCUT2D eigenvalue weighted by molar-refractivity contribution is 5.87. The van der Waals surface area contributed by atoms with Crippen LogP contribution in [0.3, 0.4) is 0 Å². The maximum Gasteiger partial charge on any atom is 0.258 e. The first kappa shape index (κ1) is 19.0. The number of aromatic amines is 1. The monoisotopic (exact) mass is 414 g/mol. The molecule has 0 aliphatic heterocycles. The van der Waals surface area contributed by atoms with Crippen molar-refractivity contribution >= 4 is 22.4 Å². The molecule has 31 heavy (non-hydrogen) atoms. The molecule has 0 atom stereocenters. The van der Waals surface area contributed by atoms with E-state index in [1.807, 2.05) is 72.8 Å². The second kappa shape index (κ2) is 7.68. The summed E-state index contributed by atoms with van der Waals surface area (Å²) in [5.74, 6) is 2.30. The lowest BCUT2D eigenvalue weighted by Crippen LogP contribution is -2.11. The van der Waals surface area contributed by atoms with Gasteiger partial charge < -0.3 is 19.5 Å². The van der Waals surface area contributed by atoms with Gasteiger partial charge in [0.05, 0.1) is 25.0 Å². The van der Waals surface area contributed by atoms with Crippen LogP contribution in [-0.4, -0.2) is 21.0 Å². The molecule has 7 nitrogen and oxygen atoms in total. The van der Waals surface area contributed by atoms with Crippen LogP contribution in [0.1, 0.15) is 18.4 Å². The number of nitrogens with zero attached hydrogens (tertiary/aromatic N) is 2. The molecule has 0 saturated heterocycles. The van der Waals surface area contributed by atoms with E-state index in [1.165, 1.54) is 0 Å². The SMILES string of the molecule is CCOc1ccc2[nH]c(=O)c(-c3nc4cccc(C)n4c3NCc3ccco3)cc2c1. The summed E-state index contributed by atoms with van der Waals surface area (Å²) in [6, 6.07) is 17.1. The number of fused-ring (bicyclic) bond motifs is 2. The van der Waals surface area contributed by atoms with Crippen LogP contribution in [0.4, 0.5) is 5.82 Å². The van der Waals surface area contributed by atoms with Gasteiger partial charge in [0.25, 0.3) is 5.56 Å². The molecule has 4 heterocycles. The number of aromatic nitrogens is 3. The minimum Gasteiger partial charge on any atom is -0.494 e. The molecular formula is C24H22N4O3. The second-order valence-corrected chi connectivity index (χ2v) is 7.30. The van der Waals surface area contributed by atoms with Gasteiger partial charge in [0.2, 0.25) is 0 Å². The highest BCUT2D eigenvalue weighted by Crippen LogP contribution is 2.30. The molecule has 5 aromatic rings. The standard InChI is InChI=1S/C24H22N4O3/c1-3-30-17-9-10-20-16(12-17)13-19(24(29)26-20)22-23(25-14-18-7-5-11-31-18)28-15(2)6-4-8-21(28)27-22/h4-13,25H,3,14H2,1-2H3,(H,26,29). The third-order valence-corrected chi connectivity index (χ3v) is 5.23. The number of nitrogens with one attached hydrogen (secondary N) is 2. The van der Waals surface area contributed by atoms with Crippen LogP contribution >= 0.6 is 0 Å². The van der Waals surface area contributed by atoms with E-state index in [0.29, 0.717) is 24.4 Å². The van der Waals surface area contributed by atoms with Crippen molar-refractivity contribution in [3.63, 3.8) is 0 Å². The van der Waals surface area contributed by atoms with Crippen LogP contribution < -0.4 is 15.6 Å². The Balaban J connectivity index is 1.69. The Morgan fingerprint density at radius 3 is 2.87 bits per heavy atom. The van der Waals surface area contributed by atoms with Gasteiger partial charge in [0.1, 0.15) is 28.7 Å². The molecule has 0 unspecified atom stereocenters. The van der Waals surface area contributed by atoms with E-state index < -0.39 is 0 Å². The van der Waals surface area contributed by atoms with E-state index in [2.05, 4.69) is 10.3 Å². The van der Waals surface area contributed by atoms with Gasteiger partial charge in [-0.3, -0.25) is 9.20 Å². The van der Waals surface area contributed by atoms with E-state index in [1.54, 1.807) is 6.26 Å². The van der Waals surface area contributed by atoms with E-state index >= 15 is 0 Å². The van der Waals surface area contributed by atoms with E-state index in [9.17, 15) is 4.79 Å². The van der Waals surface area contributed by atoms with E-state index in [-0.39, 0.29) is 5.56 Å². The fourth-order valence-electron chi connectivity index (χ4n) is 3.81. The first-order valence-electron chi connectivity index (χ1n) is 10.2. The molecule has 2 N–H and O–H groups in total. The Hall–Kier alpha value is -4.00. The third kappa shape index (κ3) is 3.44. The summed E-state index contributed by atoms with van der Waals surface area (Å²) >= 11 is 0. The second-order valence-electron chi connectivity index (χ2n) is 7.30. The average molecular weight is 414 g/mol. The van der Waals surface area contributed by atoms with E-state index in [0.717, 1.165) is 39.6 Å². The summed E-state index contributed by atoms with van der Waals surface area (Å²) in [6.45, 7) is 5.00. The molecule has 4 aromatic heterocycles. The van der Waals surface area contributed by atoms with Crippen LogP contribution in [0, 0.1) is 6.92 Å². The van der Waals surface area contributed by atoms with Crippen molar-refractivity contribution in [1.29, 1.82) is 0 Å². The normalized spacial score (nSPS) is 11.3. The predicted molar refractivity (Wildman–Crippen MR) is 121 cm³/mol. The molecule has 1 aromatic carbocycles. The molecule has 0 fully saturated rings. The summed E-state index contributed by atoms with van der Waals surface area (Å²) in [4.78, 5) is 20.8. The lowest BCUT2D eigenvalue weighted by atomic mass is 10.1. The zero-order chi connectivity index (χ0) is 21.4. The van der Waals surface area contributed by atoms with Gasteiger partial charge in [-0.2, -0.15) is 0 Å². The zero-order valence-electron chi connectivity index (χ0n) is 17.3. The summed E-state index contributed by atoms with van der Waals surface area (Å²) < 4.78 is 13.1. The Kier molecular flexibility index (Phi) is 4.71. The van der Waals surface area contributed by atoms with Gasteiger partial charge in [0, 0.05) is 16.6 Å². The molecule has 0 aliphatic carbocycles. The summed E-state index contributed by atoms with van der Waals surface area (Å²) in [5.41, 5.74) is 3.41. The topological polar surface area (TPSA) is 84.6 Å². The van der Waals surface area contributed by atoms with Gasteiger partial charge >= 0.3 is 0 Å². The minimum atomic E-state index is -0.196. The van der Waals surface area contributed by atoms with Crippen LogP contribution in [0.25, 0.3) is 27.8 Å². The van der Waals surface area contributed by atoms with Crippen LogP contribution in [-0.2, 0) is 6.54 Å². The molecule has 0 spiro atoms. The molecule has 0 saturated carbocycles. The first-order valence-corrected chi connectivity index (χ1v) is 10.2. The number of aryl methyl sites for hydroxylation is 1. The molecule has 156 valence electrons. The third-order valence-electron chi connectivity index (χ3n) is 5.23. The molecular weight excluding hydrogens is 392 g/mol. The zero-order valence-corrected chi connectivity index (χ0v) is 17.3. The Morgan fingerprint density at radius 1 is 1.16 bits per heavy atom. The van der Waals surface area contributed by atoms with Gasteiger partial charge in [-0.1, -0.05) is 6.07 Å². The van der Waals surface area contributed by atoms with Crippen molar-refractivity contribution in [3.05, 3.63) is 82.7 Å². The molecule has 5 rings (SSSR count). The number of hydrogen-bond acceptors (Lipinski definition) is 5. The Morgan fingerprint density at radius 2 is 2.06 bits per heavy atom. The fourth-order valence-corrected chi connectivity index (χ4v) is 3.81. The van der Waals surface area contributed by atoms with Crippen molar-refractivity contribution in [3.8, 4) is 17.0 Å². The summed E-state index contributed by atoms with van der Waals surface area (Å²) in [6.07, 6.45) is 1.64. The fraction of sp³-hybridized carbons (Fsp3) is 0.167. The van der Waals surface area contributed by atoms with Crippen LogP contribution in [0.2, 0.25) is 0 Å². The maximum absolute atomic E-state index is 13.0. The van der Waals surface area contributed by atoms with Crippen molar-refractivity contribution in [2.75, 3.05) is 11.9 Å². The van der Waals surface area contributed by atoms with Gasteiger partial charge in [-0.05, 0) is 62.4 Å². The van der Waals surface area contributed by atoms with Crippen molar-refractivity contribution in [2.45, 2.75) is 20.4 Å². The molecule has 0 bridgehead atoms. The highest BCUT2D eigenvalue weighted by Gasteiger charge is 2.19. The number of imidazole rings is 1. The largest absolute Gasteiger partial charge is 0.494 e. The van der Waals surface area contributed by atoms with Gasteiger partial charge in [-0.15, -0.1) is 0 Å². The van der Waals surface area contributed by atoms with Gasteiger partial charge in [-0.25, -0.2) is 4.98 Å². The number of H-pyrrole nitrogens is 1. The number of benzene rings is 1. The predicted octanol–water partition coefficient (Wildman–Crippen LogP) is 4.76. The smallest absolute Gasteiger partial charge is 0.258 e. The minimum absolute atomic E-state index is 0.196. The number of ether oxygens (including phenoxy) is 1. The van der Waals surface area contributed by atoms with Crippen molar-refractivity contribution < 1.29 is 9.15 Å². The Labute approximate surface area is 178 Å². The lowest BCUT2D eigenvalue weighted by Gasteiger charge is -2.10. The highest BCUT2D eigenvalue weighted by atomic mass is 16.5. The maximum atomic E-state index is 13.0. The van der Waals surface area contributed by atoms with Gasteiger partial charge in [0.15, 0.2) is 0 Å². The van der Waals surface area contributed by atoms with E-state index in [4.69, 9.17) is 14.1 Å². The molecule has 0 amide bonds. The molecule has 0 radical (unpaired) electrons. The number of anilines is 1.